The van der Waals surface area contributed by atoms with Gasteiger partial charge in [0.1, 0.15) is 0 Å². The van der Waals surface area contributed by atoms with Crippen LogP contribution in [0, 0.1) is 0 Å². The average molecular weight is 523 g/mol. The molecule has 28 heavy (non-hydrogen) atoms. The fourth-order valence-electron chi connectivity index (χ4n) is 3.25. The Balaban J connectivity index is 0.00000392. The molecule has 9 heteroatoms. The van der Waals surface area contributed by atoms with Gasteiger partial charge in [-0.05, 0) is 44.4 Å². The summed E-state index contributed by atoms with van der Waals surface area (Å²) in [5, 5.41) is 6.82. The minimum atomic E-state index is -3.32. The molecule has 3 N–H and O–H groups in total. The molecule has 1 saturated heterocycles. The molecule has 0 amide bonds. The van der Waals surface area contributed by atoms with Crippen molar-refractivity contribution < 1.29 is 8.42 Å². The third kappa shape index (κ3) is 8.95. The maximum Gasteiger partial charge on any atom is 0.229 e. The molecule has 160 valence electrons. The first kappa shape index (κ1) is 25.0. The van der Waals surface area contributed by atoms with Crippen molar-refractivity contribution in [3.8, 4) is 0 Å². The van der Waals surface area contributed by atoms with Crippen LogP contribution in [-0.4, -0.2) is 57.8 Å². The standard InChI is InChI=1S/C19H33N5O2S.HI/c1-4-12-24-13-10-17(11-14-24)22-19(20-5-2)21-15-16-8-6-7-9-18(16)23-27(3,25)26;/h6-9,17,23H,4-5,10-15H2,1-3H3,(H2,20,21,22);1H. The molecule has 0 spiro atoms. The van der Waals surface area contributed by atoms with Gasteiger partial charge < -0.3 is 15.5 Å². The van der Waals surface area contributed by atoms with Crippen molar-refractivity contribution in [3.63, 3.8) is 0 Å². The second kappa shape index (κ2) is 12.5. The number of hydrogen-bond acceptors (Lipinski definition) is 4. The number of nitrogens with zero attached hydrogens (tertiary/aromatic N) is 2. The molecule has 1 aliphatic heterocycles. The number of hydrogen-bond donors (Lipinski definition) is 3. The summed E-state index contributed by atoms with van der Waals surface area (Å²) in [4.78, 5) is 7.18. The molecule has 2 rings (SSSR count). The van der Waals surface area contributed by atoms with Crippen LogP contribution in [-0.2, 0) is 16.6 Å². The van der Waals surface area contributed by atoms with E-state index in [0.717, 1.165) is 50.3 Å². The highest BCUT2D eigenvalue weighted by molar-refractivity contribution is 14.0. The highest BCUT2D eigenvalue weighted by Crippen LogP contribution is 2.17. The largest absolute Gasteiger partial charge is 0.357 e. The first-order valence-corrected chi connectivity index (χ1v) is 11.6. The number of rotatable bonds is 8. The van der Waals surface area contributed by atoms with Crippen molar-refractivity contribution in [2.24, 2.45) is 4.99 Å². The Bertz CT molecular complexity index is 719. The minimum Gasteiger partial charge on any atom is -0.357 e. The van der Waals surface area contributed by atoms with Crippen molar-refractivity contribution in [1.29, 1.82) is 0 Å². The van der Waals surface area contributed by atoms with E-state index in [0.29, 0.717) is 18.3 Å². The topological polar surface area (TPSA) is 85.8 Å². The molecule has 0 saturated carbocycles. The molecule has 7 nitrogen and oxygen atoms in total. The van der Waals surface area contributed by atoms with Gasteiger partial charge in [0.15, 0.2) is 5.96 Å². The Morgan fingerprint density at radius 3 is 2.50 bits per heavy atom. The van der Waals surface area contributed by atoms with E-state index in [1.54, 1.807) is 6.07 Å². The number of likely N-dealkylation sites (tertiary alicyclic amines) is 1. The summed E-state index contributed by atoms with van der Waals surface area (Å²) in [5.74, 6) is 0.778. The molecular weight excluding hydrogens is 489 g/mol. The van der Waals surface area contributed by atoms with E-state index in [9.17, 15) is 8.42 Å². The van der Waals surface area contributed by atoms with Gasteiger partial charge in [0.05, 0.1) is 18.5 Å². The van der Waals surface area contributed by atoms with Crippen LogP contribution >= 0.6 is 24.0 Å². The van der Waals surface area contributed by atoms with Crippen LogP contribution in [0.5, 0.6) is 0 Å². The van der Waals surface area contributed by atoms with Gasteiger partial charge in [-0.3, -0.25) is 4.72 Å². The van der Waals surface area contributed by atoms with Crippen LogP contribution in [0.2, 0.25) is 0 Å². The van der Waals surface area contributed by atoms with Gasteiger partial charge in [0.25, 0.3) is 0 Å². The summed E-state index contributed by atoms with van der Waals surface area (Å²) in [6.45, 7) is 8.85. The van der Waals surface area contributed by atoms with Gasteiger partial charge in [0.2, 0.25) is 10.0 Å². The molecule has 0 radical (unpaired) electrons. The third-order valence-electron chi connectivity index (χ3n) is 4.53. The summed E-state index contributed by atoms with van der Waals surface area (Å²) >= 11 is 0. The molecule has 0 aliphatic carbocycles. The predicted molar refractivity (Wildman–Crippen MR) is 128 cm³/mol. The molecular formula is C19H34IN5O2S. The first-order valence-electron chi connectivity index (χ1n) is 9.74. The highest BCUT2D eigenvalue weighted by atomic mass is 127. The van der Waals surface area contributed by atoms with E-state index < -0.39 is 10.0 Å². The summed E-state index contributed by atoms with van der Waals surface area (Å²) in [6, 6.07) is 7.77. The van der Waals surface area contributed by atoms with Crippen molar-refractivity contribution in [3.05, 3.63) is 29.8 Å². The number of para-hydroxylation sites is 1. The molecule has 0 unspecified atom stereocenters. The van der Waals surface area contributed by atoms with Gasteiger partial charge in [-0.1, -0.05) is 25.1 Å². The Kier molecular flexibility index (Phi) is 11.1. The number of piperidine rings is 1. The van der Waals surface area contributed by atoms with Crippen LogP contribution in [0.15, 0.2) is 29.3 Å². The summed E-state index contributed by atoms with van der Waals surface area (Å²) in [7, 11) is -3.32. The maximum absolute atomic E-state index is 11.6. The lowest BCUT2D eigenvalue weighted by molar-refractivity contribution is 0.206. The monoisotopic (exact) mass is 523 g/mol. The molecule has 1 aliphatic rings. The highest BCUT2D eigenvalue weighted by Gasteiger charge is 2.19. The van der Waals surface area contributed by atoms with E-state index in [2.05, 4.69) is 32.2 Å². The SMILES string of the molecule is CCCN1CCC(NC(=NCc2ccccc2NS(C)(=O)=O)NCC)CC1.I. The molecule has 1 aromatic carbocycles. The van der Waals surface area contributed by atoms with Crippen molar-refractivity contribution >= 4 is 45.6 Å². The Morgan fingerprint density at radius 1 is 1.21 bits per heavy atom. The number of benzene rings is 1. The number of halogens is 1. The first-order chi connectivity index (χ1) is 12.9. The van der Waals surface area contributed by atoms with Crippen molar-refractivity contribution in [2.75, 3.05) is 37.2 Å². The number of guanidine groups is 1. The van der Waals surface area contributed by atoms with E-state index in [1.165, 1.54) is 13.0 Å². The van der Waals surface area contributed by atoms with Gasteiger partial charge >= 0.3 is 0 Å². The molecule has 1 aromatic rings. The minimum absolute atomic E-state index is 0. The van der Waals surface area contributed by atoms with E-state index in [-0.39, 0.29) is 24.0 Å². The van der Waals surface area contributed by atoms with Crippen molar-refractivity contribution in [2.45, 2.75) is 45.7 Å². The Morgan fingerprint density at radius 2 is 1.89 bits per heavy atom. The zero-order chi connectivity index (χ0) is 19.7. The summed E-state index contributed by atoms with van der Waals surface area (Å²) in [6.07, 6.45) is 4.57. The van der Waals surface area contributed by atoms with Gasteiger partial charge in [-0.15, -0.1) is 24.0 Å². The molecule has 0 aromatic heterocycles. The fraction of sp³-hybridized carbons (Fsp3) is 0.632. The lowest BCUT2D eigenvalue weighted by atomic mass is 10.1. The van der Waals surface area contributed by atoms with Crippen LogP contribution in [0.4, 0.5) is 5.69 Å². The van der Waals surface area contributed by atoms with E-state index in [4.69, 9.17) is 0 Å². The quantitative estimate of drug-likeness (QED) is 0.277. The molecule has 1 fully saturated rings. The molecule has 0 bridgehead atoms. The number of aliphatic imine (C=N–C) groups is 1. The predicted octanol–water partition coefficient (Wildman–Crippen LogP) is 2.61. The average Bonchev–Trinajstić information content (AvgIpc) is 2.61. The van der Waals surface area contributed by atoms with Crippen LogP contribution < -0.4 is 15.4 Å². The lowest BCUT2D eigenvalue weighted by Crippen LogP contribution is -2.48. The van der Waals surface area contributed by atoms with Crippen LogP contribution in [0.3, 0.4) is 0 Å². The number of nitrogens with one attached hydrogen (secondary N) is 3. The second-order valence-electron chi connectivity index (χ2n) is 6.99. The molecule has 0 atom stereocenters. The fourth-order valence-corrected chi connectivity index (χ4v) is 3.85. The van der Waals surface area contributed by atoms with E-state index in [1.807, 2.05) is 25.1 Å². The zero-order valence-corrected chi connectivity index (χ0v) is 20.2. The maximum atomic E-state index is 11.6. The molecule has 1 heterocycles. The third-order valence-corrected chi connectivity index (χ3v) is 5.12. The van der Waals surface area contributed by atoms with Gasteiger partial charge in [-0.25, -0.2) is 13.4 Å². The van der Waals surface area contributed by atoms with Crippen LogP contribution in [0.1, 0.15) is 38.7 Å². The van der Waals surface area contributed by atoms with Gasteiger partial charge in [-0.2, -0.15) is 0 Å². The lowest BCUT2D eigenvalue weighted by Gasteiger charge is -2.32. The summed E-state index contributed by atoms with van der Waals surface area (Å²) in [5.41, 5.74) is 1.42. The zero-order valence-electron chi connectivity index (χ0n) is 17.1. The second-order valence-corrected chi connectivity index (χ2v) is 8.74. The smallest absolute Gasteiger partial charge is 0.229 e. The van der Waals surface area contributed by atoms with Crippen molar-refractivity contribution in [1.82, 2.24) is 15.5 Å². The summed E-state index contributed by atoms with van der Waals surface area (Å²) < 4.78 is 25.7. The van der Waals surface area contributed by atoms with E-state index >= 15 is 0 Å². The van der Waals surface area contributed by atoms with Crippen LogP contribution in [0.25, 0.3) is 0 Å². The Hall–Kier alpha value is -1.07. The Labute approximate surface area is 186 Å². The number of sulfonamides is 1. The van der Waals surface area contributed by atoms with Gasteiger partial charge in [0, 0.05) is 25.7 Å². The number of anilines is 1. The normalized spacial score (nSPS) is 16.3.